The number of carbonyl (C=O) groups excluding carboxylic acids is 1. The maximum Gasteiger partial charge on any atom is 0.240 e. The quantitative estimate of drug-likeness (QED) is 0.683. The molecule has 0 saturated carbocycles. The van der Waals surface area contributed by atoms with Crippen molar-refractivity contribution in [3.05, 3.63) is 0 Å². The molecule has 1 saturated heterocycles. The van der Waals surface area contributed by atoms with Crippen LogP contribution in [0.5, 0.6) is 0 Å². The third-order valence-electron chi connectivity index (χ3n) is 2.61. The van der Waals surface area contributed by atoms with Crippen LogP contribution in [0.2, 0.25) is 0 Å². The van der Waals surface area contributed by atoms with Gasteiger partial charge >= 0.3 is 0 Å². The molecule has 0 aromatic carbocycles. The second-order valence-electron chi connectivity index (χ2n) is 4.01. The molecule has 1 atom stereocenters. The van der Waals surface area contributed by atoms with Crippen LogP contribution in [0.4, 0.5) is 0 Å². The largest absolute Gasteiger partial charge is 0.381 e. The van der Waals surface area contributed by atoms with Crippen molar-refractivity contribution in [2.24, 2.45) is 5.73 Å². The van der Waals surface area contributed by atoms with E-state index in [0.717, 1.165) is 0 Å². The highest BCUT2D eigenvalue weighted by atomic mass is 16.5. The zero-order valence-corrected chi connectivity index (χ0v) is 8.95. The summed E-state index contributed by atoms with van der Waals surface area (Å²) in [5.74, 6) is -0.173. The average molecular weight is 211 g/mol. The van der Waals surface area contributed by atoms with Crippen LogP contribution >= 0.6 is 0 Å². The second kappa shape index (κ2) is 5.10. The van der Waals surface area contributed by atoms with E-state index in [1.807, 2.05) is 6.07 Å². The molecule has 0 aromatic rings. The van der Waals surface area contributed by atoms with Crippen molar-refractivity contribution < 1.29 is 9.53 Å². The lowest BCUT2D eigenvalue weighted by molar-refractivity contribution is -0.130. The van der Waals surface area contributed by atoms with Gasteiger partial charge in [0.2, 0.25) is 5.91 Å². The topological polar surface area (TPSA) is 88.1 Å². The van der Waals surface area contributed by atoms with E-state index >= 15 is 0 Å². The van der Waals surface area contributed by atoms with Gasteiger partial charge in [-0.05, 0) is 19.8 Å². The molecule has 1 fully saturated rings. The summed E-state index contributed by atoms with van der Waals surface area (Å²) in [7, 11) is 0. The Morgan fingerprint density at radius 1 is 1.67 bits per heavy atom. The summed E-state index contributed by atoms with van der Waals surface area (Å²) in [6.45, 7) is 2.84. The standard InChI is InChI=1S/C10H17N3O2/c1-8(2-5-11)13-9(14)10(12)3-6-15-7-4-10/h8H,2-4,6-7,12H2,1H3,(H,13,14). The van der Waals surface area contributed by atoms with Gasteiger partial charge < -0.3 is 15.8 Å². The minimum atomic E-state index is -0.817. The summed E-state index contributed by atoms with van der Waals surface area (Å²) >= 11 is 0. The summed E-state index contributed by atoms with van der Waals surface area (Å²) < 4.78 is 5.16. The highest BCUT2D eigenvalue weighted by Gasteiger charge is 2.36. The summed E-state index contributed by atoms with van der Waals surface area (Å²) in [6, 6.07) is 1.86. The van der Waals surface area contributed by atoms with E-state index in [1.165, 1.54) is 0 Å². The highest BCUT2D eigenvalue weighted by Crippen LogP contribution is 2.17. The predicted molar refractivity (Wildman–Crippen MR) is 54.8 cm³/mol. The first-order chi connectivity index (χ1) is 7.08. The van der Waals surface area contributed by atoms with Gasteiger partial charge in [0.1, 0.15) is 0 Å². The predicted octanol–water partition coefficient (Wildman–Crippen LogP) is -0.0873. The lowest BCUT2D eigenvalue weighted by atomic mass is 9.90. The normalized spacial score (nSPS) is 21.4. The van der Waals surface area contributed by atoms with Crippen molar-refractivity contribution in [2.75, 3.05) is 13.2 Å². The maximum absolute atomic E-state index is 11.8. The van der Waals surface area contributed by atoms with Crippen LogP contribution in [0.15, 0.2) is 0 Å². The fraction of sp³-hybridized carbons (Fsp3) is 0.800. The van der Waals surface area contributed by atoms with Crippen LogP contribution in [0.3, 0.4) is 0 Å². The maximum atomic E-state index is 11.8. The van der Waals surface area contributed by atoms with E-state index in [0.29, 0.717) is 32.5 Å². The van der Waals surface area contributed by atoms with Gasteiger partial charge in [-0.3, -0.25) is 4.79 Å². The Morgan fingerprint density at radius 3 is 2.80 bits per heavy atom. The molecule has 1 aliphatic heterocycles. The van der Waals surface area contributed by atoms with Crippen LogP contribution in [-0.2, 0) is 9.53 Å². The first kappa shape index (κ1) is 12.0. The van der Waals surface area contributed by atoms with Gasteiger partial charge in [-0.2, -0.15) is 5.26 Å². The Hall–Kier alpha value is -1.12. The summed E-state index contributed by atoms with van der Waals surface area (Å²) in [5, 5.41) is 11.2. The van der Waals surface area contributed by atoms with Gasteiger partial charge in [-0.25, -0.2) is 0 Å². The molecule has 1 aliphatic rings. The van der Waals surface area contributed by atoms with Gasteiger partial charge in [0.25, 0.3) is 0 Å². The Kier molecular flexibility index (Phi) is 4.06. The van der Waals surface area contributed by atoms with Gasteiger partial charge in [-0.15, -0.1) is 0 Å². The molecule has 0 aliphatic carbocycles. The molecular formula is C10H17N3O2. The summed E-state index contributed by atoms with van der Waals surface area (Å²) in [4.78, 5) is 11.8. The lowest BCUT2D eigenvalue weighted by Crippen LogP contribution is -2.58. The van der Waals surface area contributed by atoms with Crippen molar-refractivity contribution in [1.82, 2.24) is 5.32 Å². The second-order valence-corrected chi connectivity index (χ2v) is 4.01. The van der Waals surface area contributed by atoms with Gasteiger partial charge in [0.15, 0.2) is 0 Å². The molecule has 15 heavy (non-hydrogen) atoms. The fourth-order valence-electron chi connectivity index (χ4n) is 1.52. The first-order valence-electron chi connectivity index (χ1n) is 5.13. The van der Waals surface area contributed by atoms with E-state index in [1.54, 1.807) is 6.92 Å². The van der Waals surface area contributed by atoms with E-state index < -0.39 is 5.54 Å². The number of rotatable bonds is 3. The highest BCUT2D eigenvalue weighted by molar-refractivity contribution is 5.86. The summed E-state index contributed by atoms with van der Waals surface area (Å²) in [6.07, 6.45) is 1.38. The zero-order valence-electron chi connectivity index (χ0n) is 8.95. The molecule has 1 unspecified atom stereocenters. The number of amides is 1. The van der Waals surface area contributed by atoms with Crippen molar-refractivity contribution in [3.8, 4) is 6.07 Å². The third-order valence-corrected chi connectivity index (χ3v) is 2.61. The minimum absolute atomic E-state index is 0.147. The molecule has 0 radical (unpaired) electrons. The molecule has 5 heteroatoms. The van der Waals surface area contributed by atoms with Gasteiger partial charge in [0.05, 0.1) is 18.0 Å². The molecule has 1 amide bonds. The fourth-order valence-corrected chi connectivity index (χ4v) is 1.52. The number of hydrogen-bond donors (Lipinski definition) is 2. The molecule has 84 valence electrons. The molecule has 0 spiro atoms. The Labute approximate surface area is 89.6 Å². The van der Waals surface area contributed by atoms with Crippen LogP contribution < -0.4 is 11.1 Å². The van der Waals surface area contributed by atoms with Crippen molar-refractivity contribution >= 4 is 5.91 Å². The van der Waals surface area contributed by atoms with Crippen LogP contribution in [0, 0.1) is 11.3 Å². The number of carbonyl (C=O) groups is 1. The molecule has 0 aromatic heterocycles. The molecule has 1 heterocycles. The van der Waals surface area contributed by atoms with Gasteiger partial charge in [0, 0.05) is 19.3 Å². The van der Waals surface area contributed by atoms with E-state index in [-0.39, 0.29) is 11.9 Å². The number of nitrogens with two attached hydrogens (primary N) is 1. The monoisotopic (exact) mass is 211 g/mol. The SMILES string of the molecule is CC(CC#N)NC(=O)C1(N)CCOCC1. The average Bonchev–Trinajstić information content (AvgIpc) is 2.19. The summed E-state index contributed by atoms with van der Waals surface area (Å²) in [5.41, 5.74) is 5.15. The van der Waals surface area contributed by atoms with Crippen LogP contribution in [0.1, 0.15) is 26.2 Å². The Bertz CT molecular complexity index is 266. The zero-order chi connectivity index (χ0) is 11.3. The number of ether oxygens (including phenoxy) is 1. The number of hydrogen-bond acceptors (Lipinski definition) is 4. The van der Waals surface area contributed by atoms with Gasteiger partial charge in [-0.1, -0.05) is 0 Å². The Morgan fingerprint density at radius 2 is 2.27 bits per heavy atom. The molecule has 3 N–H and O–H groups in total. The molecule has 0 bridgehead atoms. The number of nitriles is 1. The number of nitrogens with one attached hydrogen (secondary N) is 1. The number of nitrogens with zero attached hydrogens (tertiary/aromatic N) is 1. The smallest absolute Gasteiger partial charge is 0.240 e. The molecular weight excluding hydrogens is 194 g/mol. The van der Waals surface area contributed by atoms with Crippen LogP contribution in [0.25, 0.3) is 0 Å². The minimum Gasteiger partial charge on any atom is -0.381 e. The van der Waals surface area contributed by atoms with Crippen molar-refractivity contribution in [3.63, 3.8) is 0 Å². The first-order valence-corrected chi connectivity index (χ1v) is 5.13. The van der Waals surface area contributed by atoms with E-state index in [4.69, 9.17) is 15.7 Å². The van der Waals surface area contributed by atoms with Crippen molar-refractivity contribution in [1.29, 1.82) is 5.26 Å². The van der Waals surface area contributed by atoms with Crippen molar-refractivity contribution in [2.45, 2.75) is 37.8 Å². The Balaban J connectivity index is 2.48. The van der Waals surface area contributed by atoms with Crippen LogP contribution in [-0.4, -0.2) is 30.7 Å². The molecule has 1 rings (SSSR count). The van der Waals surface area contributed by atoms with E-state index in [9.17, 15) is 4.79 Å². The van der Waals surface area contributed by atoms with E-state index in [2.05, 4.69) is 5.32 Å². The lowest BCUT2D eigenvalue weighted by Gasteiger charge is -2.32. The molecule has 5 nitrogen and oxygen atoms in total. The third kappa shape index (κ3) is 3.18.